The molecule has 1 fully saturated rings. The first-order chi connectivity index (χ1) is 17.6. The van der Waals surface area contributed by atoms with E-state index in [1.807, 2.05) is 89.8 Å². The third-order valence-electron chi connectivity index (χ3n) is 5.76. The average Bonchev–Trinajstić information content (AvgIpc) is 3.49. The first-order valence-corrected chi connectivity index (χ1v) is 13.0. The molecule has 2 aromatic carbocycles. The number of amides is 1. The molecule has 0 saturated carbocycles. The van der Waals surface area contributed by atoms with Crippen LogP contribution >= 0.6 is 35.6 Å². The number of aromatic nitrogens is 1. The smallest absolute Gasteiger partial charge is 0.226 e. The molecule has 182 valence electrons. The van der Waals surface area contributed by atoms with Crippen molar-refractivity contribution >= 4 is 52.3 Å². The number of halogens is 1. The Hall–Kier alpha value is -3.33. The molecule has 2 unspecified atom stereocenters. The standard InChI is InChI=1S/C27H23ClN4O2S2/c28-18-9-11-20(12-10-18)36-24-14-13-22(34-24)26-25(21-8-4-5-16-29-21)31-27(35)32(26)17-15-23(33)30-19-6-2-1-3-7-19/h1-14,16,25-26H,15,17H2,(H,30,33)(H,31,35). The largest absolute Gasteiger partial charge is 0.452 e. The molecule has 1 saturated heterocycles. The molecule has 1 aliphatic rings. The van der Waals surface area contributed by atoms with Crippen LogP contribution in [0.3, 0.4) is 0 Å². The number of hydrogen-bond acceptors (Lipinski definition) is 5. The van der Waals surface area contributed by atoms with Gasteiger partial charge in [-0.25, -0.2) is 0 Å². The predicted molar refractivity (Wildman–Crippen MR) is 146 cm³/mol. The third-order valence-corrected chi connectivity index (χ3v) is 7.29. The minimum absolute atomic E-state index is 0.0811. The van der Waals surface area contributed by atoms with Gasteiger partial charge >= 0.3 is 0 Å². The van der Waals surface area contributed by atoms with Gasteiger partial charge in [-0.15, -0.1) is 0 Å². The topological polar surface area (TPSA) is 70.4 Å². The number of para-hydroxylation sites is 1. The van der Waals surface area contributed by atoms with Gasteiger partial charge in [-0.1, -0.05) is 47.6 Å². The van der Waals surface area contributed by atoms with E-state index in [1.54, 1.807) is 6.20 Å². The predicted octanol–water partition coefficient (Wildman–Crippen LogP) is 6.48. The van der Waals surface area contributed by atoms with Crippen molar-refractivity contribution in [3.63, 3.8) is 0 Å². The molecule has 9 heteroatoms. The van der Waals surface area contributed by atoms with Crippen molar-refractivity contribution in [2.24, 2.45) is 0 Å². The second kappa shape index (κ2) is 11.2. The van der Waals surface area contributed by atoms with Gasteiger partial charge in [0.1, 0.15) is 11.8 Å². The Labute approximate surface area is 224 Å². The lowest BCUT2D eigenvalue weighted by Crippen LogP contribution is -2.32. The van der Waals surface area contributed by atoms with E-state index in [0.29, 0.717) is 16.7 Å². The van der Waals surface area contributed by atoms with E-state index in [0.717, 1.165) is 27.1 Å². The second-order valence-corrected chi connectivity index (χ2v) is 10.1. The number of hydrogen-bond donors (Lipinski definition) is 2. The van der Waals surface area contributed by atoms with Gasteiger partial charge in [-0.3, -0.25) is 9.78 Å². The molecule has 0 radical (unpaired) electrons. The zero-order valence-corrected chi connectivity index (χ0v) is 21.5. The van der Waals surface area contributed by atoms with Gasteiger partial charge in [0, 0.05) is 34.8 Å². The minimum Gasteiger partial charge on any atom is -0.452 e. The molecule has 5 rings (SSSR count). The number of nitrogens with one attached hydrogen (secondary N) is 2. The fourth-order valence-corrected chi connectivity index (χ4v) is 5.33. The highest BCUT2D eigenvalue weighted by Gasteiger charge is 2.41. The quantitative estimate of drug-likeness (QED) is 0.251. The van der Waals surface area contributed by atoms with E-state index in [9.17, 15) is 4.79 Å². The summed E-state index contributed by atoms with van der Waals surface area (Å²) in [7, 11) is 0. The fourth-order valence-electron chi connectivity index (χ4n) is 4.09. The van der Waals surface area contributed by atoms with E-state index in [4.69, 9.17) is 28.2 Å². The van der Waals surface area contributed by atoms with E-state index in [2.05, 4.69) is 15.6 Å². The van der Waals surface area contributed by atoms with Crippen LogP contribution in [0, 0.1) is 0 Å². The summed E-state index contributed by atoms with van der Waals surface area (Å²) in [6.07, 6.45) is 2.03. The average molecular weight is 535 g/mol. The number of carbonyl (C=O) groups excluding carboxylic acids is 1. The first kappa shape index (κ1) is 24.4. The van der Waals surface area contributed by atoms with Crippen molar-refractivity contribution in [3.05, 3.63) is 108 Å². The zero-order chi connectivity index (χ0) is 24.9. The van der Waals surface area contributed by atoms with Crippen molar-refractivity contribution in [1.29, 1.82) is 0 Å². The number of nitrogens with zero attached hydrogens (tertiary/aromatic N) is 2. The minimum atomic E-state index is -0.253. The summed E-state index contributed by atoms with van der Waals surface area (Å²) in [4.78, 5) is 20.2. The van der Waals surface area contributed by atoms with Gasteiger partial charge in [-0.05, 0) is 72.9 Å². The summed E-state index contributed by atoms with van der Waals surface area (Å²) in [6.45, 7) is 0.429. The van der Waals surface area contributed by atoms with Crippen LogP contribution < -0.4 is 10.6 Å². The van der Waals surface area contributed by atoms with Gasteiger partial charge in [0.05, 0.1) is 11.7 Å². The Balaban J connectivity index is 1.36. The van der Waals surface area contributed by atoms with E-state index in [1.165, 1.54) is 11.8 Å². The molecule has 1 amide bonds. The highest BCUT2D eigenvalue weighted by molar-refractivity contribution is 7.99. The van der Waals surface area contributed by atoms with Crippen molar-refractivity contribution in [2.75, 3.05) is 11.9 Å². The van der Waals surface area contributed by atoms with E-state index in [-0.39, 0.29) is 24.4 Å². The lowest BCUT2D eigenvalue weighted by Gasteiger charge is -2.25. The Morgan fingerprint density at radius 3 is 2.58 bits per heavy atom. The molecule has 0 bridgehead atoms. The van der Waals surface area contributed by atoms with E-state index < -0.39 is 0 Å². The number of carbonyl (C=O) groups is 1. The monoisotopic (exact) mass is 534 g/mol. The number of furan rings is 1. The number of anilines is 1. The van der Waals surface area contributed by atoms with Gasteiger partial charge in [0.25, 0.3) is 0 Å². The Bertz CT molecular complexity index is 1330. The first-order valence-electron chi connectivity index (χ1n) is 11.4. The Morgan fingerprint density at radius 1 is 1.06 bits per heavy atom. The van der Waals surface area contributed by atoms with Crippen LogP contribution in [-0.2, 0) is 4.79 Å². The number of benzene rings is 2. The molecule has 4 aromatic rings. The molecule has 6 nitrogen and oxygen atoms in total. The molecule has 3 heterocycles. The summed E-state index contributed by atoms with van der Waals surface area (Å²) < 4.78 is 6.29. The Kier molecular flexibility index (Phi) is 7.55. The van der Waals surface area contributed by atoms with Crippen LogP contribution in [0.5, 0.6) is 0 Å². The second-order valence-electron chi connectivity index (χ2n) is 8.20. The van der Waals surface area contributed by atoms with Crippen LogP contribution in [0.4, 0.5) is 5.69 Å². The van der Waals surface area contributed by atoms with Crippen molar-refractivity contribution in [1.82, 2.24) is 15.2 Å². The molecular formula is C27H23ClN4O2S2. The summed E-state index contributed by atoms with van der Waals surface area (Å²) in [5.41, 5.74) is 1.62. The maximum atomic E-state index is 12.7. The maximum absolute atomic E-state index is 12.7. The summed E-state index contributed by atoms with van der Waals surface area (Å²) in [6, 6.07) is 26.3. The summed E-state index contributed by atoms with van der Waals surface area (Å²) in [5.74, 6) is 0.667. The molecular weight excluding hydrogens is 512 g/mol. The molecule has 36 heavy (non-hydrogen) atoms. The van der Waals surface area contributed by atoms with Crippen molar-refractivity contribution in [3.8, 4) is 0 Å². The number of thiocarbonyl (C=S) groups is 1. The number of pyridine rings is 1. The van der Waals surface area contributed by atoms with Gasteiger partial charge in [0.15, 0.2) is 10.2 Å². The lowest BCUT2D eigenvalue weighted by atomic mass is 10.0. The lowest BCUT2D eigenvalue weighted by molar-refractivity contribution is -0.116. The van der Waals surface area contributed by atoms with Crippen LogP contribution in [0.25, 0.3) is 0 Å². The summed E-state index contributed by atoms with van der Waals surface area (Å²) in [5, 5.41) is 8.33. The molecule has 2 atom stereocenters. The SMILES string of the molecule is O=C(CCN1C(=S)NC(c2ccccn2)C1c1ccc(Sc2ccc(Cl)cc2)o1)Nc1ccccc1. The van der Waals surface area contributed by atoms with E-state index >= 15 is 0 Å². The molecule has 0 spiro atoms. The fraction of sp³-hybridized carbons (Fsp3) is 0.148. The van der Waals surface area contributed by atoms with Crippen LogP contribution in [0.1, 0.15) is 30.0 Å². The van der Waals surface area contributed by atoms with Crippen LogP contribution in [0.15, 0.2) is 106 Å². The zero-order valence-electron chi connectivity index (χ0n) is 19.1. The van der Waals surface area contributed by atoms with Crippen molar-refractivity contribution in [2.45, 2.75) is 28.5 Å². The van der Waals surface area contributed by atoms with Crippen LogP contribution in [0.2, 0.25) is 5.02 Å². The molecule has 2 N–H and O–H groups in total. The third kappa shape index (κ3) is 5.73. The molecule has 1 aliphatic heterocycles. The van der Waals surface area contributed by atoms with Gasteiger partial charge in [0.2, 0.25) is 5.91 Å². The highest BCUT2D eigenvalue weighted by Crippen LogP contribution is 2.41. The number of rotatable bonds is 8. The summed E-state index contributed by atoms with van der Waals surface area (Å²) >= 11 is 13.2. The van der Waals surface area contributed by atoms with Crippen LogP contribution in [-0.4, -0.2) is 27.4 Å². The Morgan fingerprint density at radius 2 is 1.83 bits per heavy atom. The highest BCUT2D eigenvalue weighted by atomic mass is 35.5. The van der Waals surface area contributed by atoms with Crippen molar-refractivity contribution < 1.29 is 9.21 Å². The van der Waals surface area contributed by atoms with Gasteiger partial charge < -0.3 is 20.0 Å². The normalized spacial score (nSPS) is 17.1. The van der Waals surface area contributed by atoms with Gasteiger partial charge in [-0.2, -0.15) is 0 Å². The molecule has 0 aliphatic carbocycles. The maximum Gasteiger partial charge on any atom is 0.226 e. The molecule has 2 aromatic heterocycles.